The molecule has 0 radical (unpaired) electrons. The summed E-state index contributed by atoms with van der Waals surface area (Å²) in [7, 11) is 4.06. The average Bonchev–Trinajstić information content (AvgIpc) is 3.51. The van der Waals surface area contributed by atoms with Gasteiger partial charge in [0.05, 0.1) is 11.2 Å². The number of phenols is 1. The van der Waals surface area contributed by atoms with Crippen LogP contribution >= 0.6 is 0 Å². The number of ether oxygens (including phenoxy) is 1. The molecule has 164 valence electrons. The quantitative estimate of drug-likeness (QED) is 0.666. The second kappa shape index (κ2) is 7.69. The van der Waals surface area contributed by atoms with E-state index in [4.69, 9.17) is 10.5 Å². The van der Waals surface area contributed by atoms with E-state index in [-0.39, 0.29) is 17.4 Å². The summed E-state index contributed by atoms with van der Waals surface area (Å²) in [6, 6.07) is 3.90. The van der Waals surface area contributed by atoms with E-state index >= 15 is 0 Å². The SMILES string of the molecule is C=C1CC[C@@]2(OC)[C@H](N(C)CC3CC3)Cc3ccc(C(N)=O)c(O)c3[C@@]2(CCC)C1. The Balaban J connectivity index is 1.95. The van der Waals surface area contributed by atoms with Crippen molar-refractivity contribution in [3.8, 4) is 5.75 Å². The van der Waals surface area contributed by atoms with Gasteiger partial charge in [0.2, 0.25) is 0 Å². The largest absolute Gasteiger partial charge is 0.507 e. The van der Waals surface area contributed by atoms with Crippen LogP contribution in [-0.4, -0.2) is 48.3 Å². The third kappa shape index (κ3) is 3.09. The maximum absolute atomic E-state index is 12.0. The van der Waals surface area contributed by atoms with Gasteiger partial charge < -0.3 is 15.6 Å². The van der Waals surface area contributed by atoms with Crippen molar-refractivity contribution >= 4 is 5.91 Å². The molecule has 0 unspecified atom stereocenters. The van der Waals surface area contributed by atoms with Gasteiger partial charge in [0, 0.05) is 30.7 Å². The minimum Gasteiger partial charge on any atom is -0.507 e. The van der Waals surface area contributed by atoms with Gasteiger partial charge in [-0.25, -0.2) is 0 Å². The number of nitrogens with two attached hydrogens (primary N) is 1. The van der Waals surface area contributed by atoms with Crippen LogP contribution in [0.15, 0.2) is 24.3 Å². The summed E-state index contributed by atoms with van der Waals surface area (Å²) in [4.78, 5) is 14.6. The van der Waals surface area contributed by atoms with Crippen molar-refractivity contribution in [2.75, 3.05) is 20.7 Å². The molecule has 2 fully saturated rings. The summed E-state index contributed by atoms with van der Waals surface area (Å²) >= 11 is 0. The minimum atomic E-state index is -0.590. The number of fused-ring (bicyclic) bond motifs is 3. The summed E-state index contributed by atoms with van der Waals surface area (Å²) in [5.41, 5.74) is 8.13. The topological polar surface area (TPSA) is 75.8 Å². The van der Waals surface area contributed by atoms with Crippen LogP contribution in [-0.2, 0) is 16.6 Å². The molecule has 1 aromatic rings. The molecular weight excluding hydrogens is 376 g/mol. The zero-order chi connectivity index (χ0) is 21.7. The highest BCUT2D eigenvalue weighted by atomic mass is 16.5. The number of benzene rings is 1. The standard InChI is InChI=1S/C25H36N2O3/c1-5-11-24-14-16(2)10-12-25(24,30-4)20(27(3)15-17-6-7-17)13-18-8-9-19(23(26)29)22(28)21(18)24/h8-9,17,20,28H,2,5-7,10-15H2,1,3-4H3,(H2,26,29)/t20-,24-,25-/m1/s1. The normalized spacial score (nSPS) is 30.8. The van der Waals surface area contributed by atoms with Crippen LogP contribution in [0.4, 0.5) is 0 Å². The third-order valence-electron chi connectivity index (χ3n) is 7.99. The fraction of sp³-hybridized carbons (Fsp3) is 0.640. The minimum absolute atomic E-state index is 0.0490. The predicted molar refractivity (Wildman–Crippen MR) is 119 cm³/mol. The first-order valence-electron chi connectivity index (χ1n) is 11.4. The summed E-state index contributed by atoms with van der Waals surface area (Å²) in [6.45, 7) is 7.61. The number of likely N-dealkylation sites (N-methyl/N-ethyl adjacent to an activating group) is 1. The van der Waals surface area contributed by atoms with E-state index in [2.05, 4.69) is 25.5 Å². The van der Waals surface area contributed by atoms with Crippen molar-refractivity contribution in [2.45, 2.75) is 75.3 Å². The average molecular weight is 413 g/mol. The molecule has 3 aliphatic rings. The molecular formula is C25H36N2O3. The molecule has 0 heterocycles. The molecule has 3 aliphatic carbocycles. The number of hydrogen-bond acceptors (Lipinski definition) is 4. The van der Waals surface area contributed by atoms with Gasteiger partial charge in [-0.15, -0.1) is 0 Å². The lowest BCUT2D eigenvalue weighted by atomic mass is 9.50. The molecule has 3 atom stereocenters. The lowest BCUT2D eigenvalue weighted by Gasteiger charge is -2.62. The Kier molecular flexibility index (Phi) is 5.48. The van der Waals surface area contributed by atoms with Gasteiger partial charge in [0.1, 0.15) is 5.75 Å². The Morgan fingerprint density at radius 1 is 1.40 bits per heavy atom. The molecule has 0 saturated heterocycles. The lowest BCUT2D eigenvalue weighted by Crippen LogP contribution is -2.69. The second-order valence-corrected chi connectivity index (χ2v) is 9.82. The fourth-order valence-electron chi connectivity index (χ4n) is 6.59. The highest BCUT2D eigenvalue weighted by Crippen LogP contribution is 2.61. The summed E-state index contributed by atoms with van der Waals surface area (Å²) in [5.74, 6) is 0.246. The molecule has 1 amide bonds. The second-order valence-electron chi connectivity index (χ2n) is 9.82. The van der Waals surface area contributed by atoms with E-state index in [0.29, 0.717) is 0 Å². The van der Waals surface area contributed by atoms with Gasteiger partial charge in [-0.2, -0.15) is 0 Å². The number of amides is 1. The maximum atomic E-state index is 12.0. The van der Waals surface area contributed by atoms with E-state index in [9.17, 15) is 9.90 Å². The number of hydrogen-bond donors (Lipinski definition) is 2. The monoisotopic (exact) mass is 412 g/mol. The molecule has 2 saturated carbocycles. The molecule has 0 bridgehead atoms. The Labute approximate surface area is 180 Å². The molecule has 1 aromatic carbocycles. The van der Waals surface area contributed by atoms with Crippen molar-refractivity contribution in [1.82, 2.24) is 4.90 Å². The summed E-state index contributed by atoms with van der Waals surface area (Å²) in [6.07, 6.45) is 7.83. The number of allylic oxidation sites excluding steroid dienone is 1. The zero-order valence-electron chi connectivity index (χ0n) is 18.7. The van der Waals surface area contributed by atoms with Crippen LogP contribution in [0, 0.1) is 5.92 Å². The number of carbonyl (C=O) groups is 1. The van der Waals surface area contributed by atoms with E-state index in [1.165, 1.54) is 18.4 Å². The van der Waals surface area contributed by atoms with Gasteiger partial charge in [0.15, 0.2) is 0 Å². The van der Waals surface area contributed by atoms with Crippen LogP contribution in [0.25, 0.3) is 0 Å². The lowest BCUT2D eigenvalue weighted by molar-refractivity contribution is -0.151. The molecule has 0 aliphatic heterocycles. The number of aromatic hydroxyl groups is 1. The van der Waals surface area contributed by atoms with E-state index < -0.39 is 16.9 Å². The van der Waals surface area contributed by atoms with Gasteiger partial charge >= 0.3 is 0 Å². The number of methoxy groups -OCH3 is 1. The van der Waals surface area contributed by atoms with Crippen LogP contribution in [0.5, 0.6) is 5.75 Å². The van der Waals surface area contributed by atoms with E-state index in [1.807, 2.05) is 13.2 Å². The molecule has 5 nitrogen and oxygen atoms in total. The first-order valence-corrected chi connectivity index (χ1v) is 11.4. The van der Waals surface area contributed by atoms with E-state index in [1.54, 1.807) is 6.07 Å². The first kappa shape index (κ1) is 21.4. The zero-order valence-corrected chi connectivity index (χ0v) is 18.7. The first-order chi connectivity index (χ1) is 14.3. The van der Waals surface area contributed by atoms with Crippen LogP contribution < -0.4 is 5.73 Å². The van der Waals surface area contributed by atoms with Gasteiger partial charge in [-0.3, -0.25) is 9.69 Å². The molecule has 30 heavy (non-hydrogen) atoms. The van der Waals surface area contributed by atoms with Crippen LogP contribution in [0.2, 0.25) is 0 Å². The van der Waals surface area contributed by atoms with Crippen LogP contribution in [0.1, 0.15) is 73.4 Å². The smallest absolute Gasteiger partial charge is 0.252 e. The number of primary amides is 1. The van der Waals surface area contributed by atoms with Gasteiger partial charge in [-0.05, 0) is 69.5 Å². The molecule has 3 N–H and O–H groups in total. The highest BCUT2D eigenvalue weighted by molar-refractivity contribution is 5.96. The van der Waals surface area contributed by atoms with Crippen molar-refractivity contribution in [3.05, 3.63) is 41.0 Å². The Morgan fingerprint density at radius 2 is 2.13 bits per heavy atom. The summed E-state index contributed by atoms with van der Waals surface area (Å²) < 4.78 is 6.52. The van der Waals surface area contributed by atoms with E-state index in [0.717, 1.165) is 62.1 Å². The van der Waals surface area contributed by atoms with Crippen molar-refractivity contribution in [2.24, 2.45) is 11.7 Å². The van der Waals surface area contributed by atoms with Crippen molar-refractivity contribution < 1.29 is 14.6 Å². The molecule has 0 aromatic heterocycles. The Morgan fingerprint density at radius 3 is 2.73 bits per heavy atom. The summed E-state index contributed by atoms with van der Waals surface area (Å²) in [5, 5.41) is 11.3. The molecule has 5 heteroatoms. The Bertz CT molecular complexity index is 862. The molecule has 4 rings (SSSR count). The maximum Gasteiger partial charge on any atom is 0.252 e. The van der Waals surface area contributed by atoms with Crippen LogP contribution in [0.3, 0.4) is 0 Å². The third-order valence-corrected chi connectivity index (χ3v) is 7.99. The number of nitrogens with zero attached hydrogens (tertiary/aromatic N) is 1. The van der Waals surface area contributed by atoms with Crippen molar-refractivity contribution in [3.63, 3.8) is 0 Å². The van der Waals surface area contributed by atoms with Crippen molar-refractivity contribution in [1.29, 1.82) is 0 Å². The Hall–Kier alpha value is -1.85. The highest BCUT2D eigenvalue weighted by Gasteiger charge is 2.63. The fourth-order valence-corrected chi connectivity index (χ4v) is 6.59. The van der Waals surface area contributed by atoms with Gasteiger partial charge in [0.25, 0.3) is 5.91 Å². The predicted octanol–water partition coefficient (Wildman–Crippen LogP) is 3.92. The number of rotatable bonds is 7. The molecule has 0 spiro atoms. The van der Waals surface area contributed by atoms with Gasteiger partial charge in [-0.1, -0.05) is 31.6 Å². The number of carbonyl (C=O) groups excluding carboxylic acids is 1.